The average molecular weight is 225 g/mol. The van der Waals surface area contributed by atoms with Gasteiger partial charge < -0.3 is 9.47 Å². The fourth-order valence-corrected chi connectivity index (χ4v) is 0.838. The van der Waals surface area contributed by atoms with Gasteiger partial charge in [0.1, 0.15) is 6.10 Å². The van der Waals surface area contributed by atoms with Crippen LogP contribution in [0.2, 0.25) is 0 Å². The van der Waals surface area contributed by atoms with Gasteiger partial charge in [-0.05, 0) is 13.8 Å². The molecule has 0 bridgehead atoms. The van der Waals surface area contributed by atoms with Crippen LogP contribution >= 0.6 is 15.9 Å². The van der Waals surface area contributed by atoms with Crippen LogP contribution in [0.5, 0.6) is 0 Å². The van der Waals surface area contributed by atoms with Crippen molar-refractivity contribution in [2.24, 2.45) is 0 Å². The van der Waals surface area contributed by atoms with Crippen LogP contribution in [0.15, 0.2) is 0 Å². The summed E-state index contributed by atoms with van der Waals surface area (Å²) in [7, 11) is 0. The number of carbonyl (C=O) groups is 1. The number of hydrogen-bond donors (Lipinski definition) is 0. The van der Waals surface area contributed by atoms with E-state index in [-0.39, 0.29) is 12.2 Å². The SMILES string of the molecule is CC(C)OC[C@H](CBr)OC=O. The first-order valence-electron chi connectivity index (χ1n) is 3.47. The third-order valence-electron chi connectivity index (χ3n) is 1.04. The highest BCUT2D eigenvalue weighted by Gasteiger charge is 2.07. The molecule has 0 N–H and O–H groups in total. The summed E-state index contributed by atoms with van der Waals surface area (Å²) in [5.74, 6) is 0. The van der Waals surface area contributed by atoms with Gasteiger partial charge in [-0.3, -0.25) is 4.79 Å². The van der Waals surface area contributed by atoms with Gasteiger partial charge in [0.2, 0.25) is 0 Å². The molecule has 0 aliphatic heterocycles. The zero-order valence-electron chi connectivity index (χ0n) is 6.75. The van der Waals surface area contributed by atoms with E-state index in [4.69, 9.17) is 4.74 Å². The zero-order chi connectivity index (χ0) is 8.69. The number of hydrogen-bond acceptors (Lipinski definition) is 3. The summed E-state index contributed by atoms with van der Waals surface area (Å²) in [5.41, 5.74) is 0. The van der Waals surface area contributed by atoms with Crippen molar-refractivity contribution in [1.29, 1.82) is 0 Å². The Morgan fingerprint density at radius 3 is 2.55 bits per heavy atom. The summed E-state index contributed by atoms with van der Waals surface area (Å²) in [6.45, 7) is 4.76. The van der Waals surface area contributed by atoms with Crippen molar-refractivity contribution < 1.29 is 14.3 Å². The topological polar surface area (TPSA) is 35.5 Å². The lowest BCUT2D eigenvalue weighted by Gasteiger charge is -2.14. The lowest BCUT2D eigenvalue weighted by Crippen LogP contribution is -2.22. The molecular formula is C7H13BrO3. The van der Waals surface area contributed by atoms with Gasteiger partial charge in [-0.15, -0.1) is 0 Å². The van der Waals surface area contributed by atoms with Crippen molar-refractivity contribution in [1.82, 2.24) is 0 Å². The Bertz CT molecular complexity index is 106. The Morgan fingerprint density at radius 1 is 1.55 bits per heavy atom. The molecular weight excluding hydrogens is 212 g/mol. The Morgan fingerprint density at radius 2 is 2.18 bits per heavy atom. The van der Waals surface area contributed by atoms with Gasteiger partial charge in [-0.25, -0.2) is 0 Å². The molecule has 0 saturated carbocycles. The maximum atomic E-state index is 9.92. The van der Waals surface area contributed by atoms with Crippen LogP contribution in [0.25, 0.3) is 0 Å². The lowest BCUT2D eigenvalue weighted by atomic mass is 10.4. The molecule has 0 unspecified atom stereocenters. The van der Waals surface area contributed by atoms with Gasteiger partial charge in [0.25, 0.3) is 6.47 Å². The molecule has 0 aromatic rings. The Labute approximate surface area is 75.2 Å². The Balaban J connectivity index is 3.43. The molecule has 0 saturated heterocycles. The van der Waals surface area contributed by atoms with Gasteiger partial charge in [0.15, 0.2) is 0 Å². The highest BCUT2D eigenvalue weighted by Crippen LogP contribution is 1.98. The van der Waals surface area contributed by atoms with E-state index in [1.807, 2.05) is 13.8 Å². The van der Waals surface area contributed by atoms with E-state index in [2.05, 4.69) is 20.7 Å². The zero-order valence-corrected chi connectivity index (χ0v) is 8.33. The highest BCUT2D eigenvalue weighted by atomic mass is 79.9. The summed E-state index contributed by atoms with van der Waals surface area (Å²) in [5, 5.41) is 0.610. The molecule has 3 nitrogen and oxygen atoms in total. The number of rotatable bonds is 6. The minimum Gasteiger partial charge on any atom is -0.461 e. The van der Waals surface area contributed by atoms with Crippen LogP contribution < -0.4 is 0 Å². The molecule has 11 heavy (non-hydrogen) atoms. The van der Waals surface area contributed by atoms with Crippen LogP contribution in [-0.4, -0.2) is 30.6 Å². The van der Waals surface area contributed by atoms with Gasteiger partial charge in [-0.2, -0.15) is 0 Å². The molecule has 0 aliphatic rings. The van der Waals surface area contributed by atoms with Crippen LogP contribution in [0.3, 0.4) is 0 Å². The van der Waals surface area contributed by atoms with E-state index in [1.165, 1.54) is 0 Å². The molecule has 0 spiro atoms. The molecule has 0 heterocycles. The van der Waals surface area contributed by atoms with E-state index >= 15 is 0 Å². The number of halogens is 1. The Kier molecular flexibility index (Phi) is 6.56. The smallest absolute Gasteiger partial charge is 0.293 e. The standard InChI is InChI=1S/C7H13BrO3/c1-6(2)10-4-7(3-8)11-5-9/h5-7H,3-4H2,1-2H3/t7-/m0/s1. The fraction of sp³-hybridized carbons (Fsp3) is 0.857. The van der Waals surface area contributed by atoms with Crippen LogP contribution in [0.1, 0.15) is 13.8 Å². The second-order valence-corrected chi connectivity index (χ2v) is 3.04. The molecule has 0 radical (unpaired) electrons. The quantitative estimate of drug-likeness (QED) is 0.505. The molecule has 0 rings (SSSR count). The Hall–Kier alpha value is -0.0900. The third kappa shape index (κ3) is 6.31. The van der Waals surface area contributed by atoms with E-state index in [0.29, 0.717) is 18.4 Å². The first-order valence-corrected chi connectivity index (χ1v) is 4.59. The summed E-state index contributed by atoms with van der Waals surface area (Å²) in [6.07, 6.45) is 0.00158. The van der Waals surface area contributed by atoms with E-state index in [9.17, 15) is 4.79 Å². The summed E-state index contributed by atoms with van der Waals surface area (Å²) in [4.78, 5) is 9.92. The largest absolute Gasteiger partial charge is 0.461 e. The molecule has 0 aromatic carbocycles. The van der Waals surface area contributed by atoms with Crippen molar-refractivity contribution in [3.8, 4) is 0 Å². The van der Waals surface area contributed by atoms with Crippen molar-refractivity contribution >= 4 is 22.4 Å². The number of ether oxygens (including phenoxy) is 2. The van der Waals surface area contributed by atoms with Crippen molar-refractivity contribution in [2.75, 3.05) is 11.9 Å². The van der Waals surface area contributed by atoms with Gasteiger partial charge in [0, 0.05) is 5.33 Å². The second-order valence-electron chi connectivity index (χ2n) is 2.39. The van der Waals surface area contributed by atoms with Crippen molar-refractivity contribution in [2.45, 2.75) is 26.1 Å². The molecule has 0 fully saturated rings. The predicted octanol–water partition coefficient (Wildman–Crippen LogP) is 1.35. The second kappa shape index (κ2) is 6.61. The molecule has 1 atom stereocenters. The highest BCUT2D eigenvalue weighted by molar-refractivity contribution is 9.09. The third-order valence-corrected chi connectivity index (χ3v) is 1.76. The normalized spacial score (nSPS) is 13.1. The molecule has 0 amide bonds. The lowest BCUT2D eigenvalue weighted by molar-refractivity contribution is -0.135. The van der Waals surface area contributed by atoms with Gasteiger partial charge in [-0.1, -0.05) is 15.9 Å². The van der Waals surface area contributed by atoms with Crippen LogP contribution in [0.4, 0.5) is 0 Å². The first kappa shape index (κ1) is 10.9. The maximum absolute atomic E-state index is 9.92. The van der Waals surface area contributed by atoms with Gasteiger partial charge >= 0.3 is 0 Å². The molecule has 4 heteroatoms. The number of alkyl halides is 1. The van der Waals surface area contributed by atoms with Crippen LogP contribution in [0, 0.1) is 0 Å². The summed E-state index contributed by atoms with van der Waals surface area (Å²) < 4.78 is 9.92. The van der Waals surface area contributed by atoms with Crippen molar-refractivity contribution in [3.05, 3.63) is 0 Å². The minimum atomic E-state index is -0.171. The molecule has 66 valence electrons. The summed E-state index contributed by atoms with van der Waals surface area (Å²) >= 11 is 3.20. The maximum Gasteiger partial charge on any atom is 0.293 e. The van der Waals surface area contributed by atoms with E-state index in [1.54, 1.807) is 0 Å². The first-order chi connectivity index (χ1) is 5.20. The minimum absolute atomic E-state index is 0.171. The predicted molar refractivity (Wildman–Crippen MR) is 45.8 cm³/mol. The van der Waals surface area contributed by atoms with Crippen LogP contribution in [-0.2, 0) is 14.3 Å². The average Bonchev–Trinajstić information content (AvgIpc) is 1.97. The molecule has 0 aromatic heterocycles. The monoisotopic (exact) mass is 224 g/mol. The number of carbonyl (C=O) groups excluding carboxylic acids is 1. The molecule has 0 aliphatic carbocycles. The van der Waals surface area contributed by atoms with Gasteiger partial charge in [0.05, 0.1) is 12.7 Å². The van der Waals surface area contributed by atoms with E-state index in [0.717, 1.165) is 0 Å². The van der Waals surface area contributed by atoms with Crippen molar-refractivity contribution in [3.63, 3.8) is 0 Å². The van der Waals surface area contributed by atoms with E-state index < -0.39 is 0 Å². The summed E-state index contributed by atoms with van der Waals surface area (Å²) in [6, 6.07) is 0. The fourth-order valence-electron chi connectivity index (χ4n) is 0.499.